The lowest BCUT2D eigenvalue weighted by molar-refractivity contribution is 0.0591. The lowest BCUT2D eigenvalue weighted by Gasteiger charge is -2.17. The first kappa shape index (κ1) is 14.3. The van der Waals surface area contributed by atoms with E-state index in [1.165, 1.54) is 19.4 Å². The fourth-order valence-corrected chi connectivity index (χ4v) is 1.72. The summed E-state index contributed by atoms with van der Waals surface area (Å²) in [6.07, 6.45) is 2.32. The molecule has 100 valence electrons. The Morgan fingerprint density at radius 1 is 1.44 bits per heavy atom. The lowest BCUT2D eigenvalue weighted by Crippen LogP contribution is -2.18. The van der Waals surface area contributed by atoms with Crippen LogP contribution in [0.2, 0.25) is 0 Å². The maximum absolute atomic E-state index is 11.6. The summed E-state index contributed by atoms with van der Waals surface area (Å²) >= 11 is 0. The predicted molar refractivity (Wildman–Crippen MR) is 69.5 cm³/mol. The third-order valence-electron chi connectivity index (χ3n) is 2.39. The topological polar surface area (TPSA) is 74.4 Å². The van der Waals surface area contributed by atoms with E-state index in [0.717, 1.165) is 6.42 Å². The molecule has 0 radical (unpaired) electrons. The van der Waals surface area contributed by atoms with Crippen LogP contribution in [-0.4, -0.2) is 24.2 Å². The van der Waals surface area contributed by atoms with Crippen molar-refractivity contribution < 1.29 is 14.3 Å². The minimum atomic E-state index is -0.499. The average molecular weight is 252 g/mol. The zero-order chi connectivity index (χ0) is 13.7. The number of methoxy groups -OCH3 is 1. The number of nitrogens with zero attached hydrogens (tertiary/aromatic N) is 1. The lowest BCUT2D eigenvalue weighted by atomic mass is 10.1. The molecule has 0 bridgehead atoms. The smallest absolute Gasteiger partial charge is 0.343 e. The molecule has 0 saturated heterocycles. The molecule has 0 fully saturated rings. The number of esters is 1. The molecule has 1 unspecified atom stereocenters. The van der Waals surface area contributed by atoms with E-state index in [0.29, 0.717) is 11.6 Å². The summed E-state index contributed by atoms with van der Waals surface area (Å²) in [4.78, 5) is 15.6. The SMILES string of the molecule is COC(=O)c1cc(N)cnc1OC(C)CC(C)C. The number of ether oxygens (including phenoxy) is 2. The fraction of sp³-hybridized carbons (Fsp3) is 0.538. The number of pyridine rings is 1. The third-order valence-corrected chi connectivity index (χ3v) is 2.39. The summed E-state index contributed by atoms with van der Waals surface area (Å²) in [5.74, 6) is 0.279. The van der Waals surface area contributed by atoms with Gasteiger partial charge in [-0.3, -0.25) is 0 Å². The highest BCUT2D eigenvalue weighted by atomic mass is 16.5. The van der Waals surface area contributed by atoms with E-state index in [9.17, 15) is 4.79 Å². The second kappa shape index (κ2) is 6.23. The van der Waals surface area contributed by atoms with Gasteiger partial charge in [0.05, 0.1) is 25.1 Å². The first-order valence-electron chi connectivity index (χ1n) is 5.94. The standard InChI is InChI=1S/C13H20N2O3/c1-8(2)5-9(3)18-12-11(13(16)17-4)6-10(14)7-15-12/h6-9H,5,14H2,1-4H3. The highest BCUT2D eigenvalue weighted by molar-refractivity contribution is 5.92. The maximum Gasteiger partial charge on any atom is 0.343 e. The number of aromatic nitrogens is 1. The quantitative estimate of drug-likeness (QED) is 0.813. The van der Waals surface area contributed by atoms with E-state index in [1.807, 2.05) is 6.92 Å². The van der Waals surface area contributed by atoms with Gasteiger partial charge in [0.2, 0.25) is 5.88 Å². The number of nitrogens with two attached hydrogens (primary N) is 1. The monoisotopic (exact) mass is 252 g/mol. The van der Waals surface area contributed by atoms with Crippen LogP contribution in [0.25, 0.3) is 0 Å². The van der Waals surface area contributed by atoms with E-state index >= 15 is 0 Å². The van der Waals surface area contributed by atoms with Crippen LogP contribution < -0.4 is 10.5 Å². The van der Waals surface area contributed by atoms with Gasteiger partial charge in [-0.05, 0) is 25.3 Å². The number of hydrogen-bond donors (Lipinski definition) is 1. The van der Waals surface area contributed by atoms with Crippen molar-refractivity contribution in [3.63, 3.8) is 0 Å². The van der Waals surface area contributed by atoms with Gasteiger partial charge in [-0.15, -0.1) is 0 Å². The van der Waals surface area contributed by atoms with Crippen molar-refractivity contribution in [2.75, 3.05) is 12.8 Å². The van der Waals surface area contributed by atoms with E-state index in [2.05, 4.69) is 23.6 Å². The van der Waals surface area contributed by atoms with Gasteiger partial charge in [0.1, 0.15) is 5.56 Å². The Bertz CT molecular complexity index is 419. The summed E-state index contributed by atoms with van der Waals surface area (Å²) in [6.45, 7) is 6.16. The van der Waals surface area contributed by atoms with Crippen LogP contribution in [0.1, 0.15) is 37.6 Å². The fourth-order valence-electron chi connectivity index (χ4n) is 1.72. The van der Waals surface area contributed by atoms with Crippen LogP contribution in [0.4, 0.5) is 5.69 Å². The summed E-state index contributed by atoms with van der Waals surface area (Å²) in [5, 5.41) is 0. The molecule has 18 heavy (non-hydrogen) atoms. The largest absolute Gasteiger partial charge is 0.474 e. The van der Waals surface area contributed by atoms with Crippen LogP contribution in [-0.2, 0) is 4.74 Å². The van der Waals surface area contributed by atoms with Gasteiger partial charge in [0, 0.05) is 0 Å². The summed E-state index contributed by atoms with van der Waals surface area (Å²) in [5.41, 5.74) is 6.27. The Hall–Kier alpha value is -1.78. The molecule has 0 aliphatic carbocycles. The Kier molecular flexibility index (Phi) is 4.95. The highest BCUT2D eigenvalue weighted by Crippen LogP contribution is 2.21. The van der Waals surface area contributed by atoms with E-state index in [-0.39, 0.29) is 17.5 Å². The van der Waals surface area contributed by atoms with Gasteiger partial charge in [0.25, 0.3) is 0 Å². The number of rotatable bonds is 5. The van der Waals surface area contributed by atoms with Crippen LogP contribution in [0.3, 0.4) is 0 Å². The second-order valence-corrected chi connectivity index (χ2v) is 4.67. The van der Waals surface area contributed by atoms with Crippen LogP contribution in [0, 0.1) is 5.92 Å². The van der Waals surface area contributed by atoms with Gasteiger partial charge in [-0.2, -0.15) is 0 Å². The predicted octanol–water partition coefficient (Wildman–Crippen LogP) is 2.26. The van der Waals surface area contributed by atoms with Gasteiger partial charge in [-0.1, -0.05) is 13.8 Å². The first-order chi connectivity index (χ1) is 8.43. The van der Waals surface area contributed by atoms with Gasteiger partial charge < -0.3 is 15.2 Å². The molecule has 0 amide bonds. The molecule has 5 nitrogen and oxygen atoms in total. The third kappa shape index (κ3) is 3.91. The molecule has 1 aromatic heterocycles. The van der Waals surface area contributed by atoms with E-state index in [1.54, 1.807) is 0 Å². The zero-order valence-corrected chi connectivity index (χ0v) is 11.3. The van der Waals surface area contributed by atoms with Crippen molar-refractivity contribution in [1.29, 1.82) is 0 Å². The van der Waals surface area contributed by atoms with Gasteiger partial charge >= 0.3 is 5.97 Å². The molecular weight excluding hydrogens is 232 g/mol. The molecule has 0 saturated carbocycles. The van der Waals surface area contributed by atoms with Crippen LogP contribution in [0.15, 0.2) is 12.3 Å². The highest BCUT2D eigenvalue weighted by Gasteiger charge is 2.17. The maximum atomic E-state index is 11.6. The Balaban J connectivity index is 2.90. The summed E-state index contributed by atoms with van der Waals surface area (Å²) in [7, 11) is 1.31. The Labute approximate surface area is 107 Å². The molecule has 1 atom stereocenters. The molecule has 1 aromatic rings. The number of hydrogen-bond acceptors (Lipinski definition) is 5. The number of nitrogen functional groups attached to an aromatic ring is 1. The number of carbonyl (C=O) groups excluding carboxylic acids is 1. The van der Waals surface area contributed by atoms with Gasteiger partial charge in [-0.25, -0.2) is 9.78 Å². The van der Waals surface area contributed by atoms with Crippen molar-refractivity contribution in [1.82, 2.24) is 4.98 Å². The molecule has 0 aromatic carbocycles. The number of carbonyl (C=O) groups is 1. The van der Waals surface area contributed by atoms with Crippen LogP contribution in [0.5, 0.6) is 5.88 Å². The molecule has 5 heteroatoms. The second-order valence-electron chi connectivity index (χ2n) is 4.67. The molecule has 0 spiro atoms. The van der Waals surface area contributed by atoms with Crippen molar-refractivity contribution in [2.45, 2.75) is 33.3 Å². The Morgan fingerprint density at radius 3 is 2.67 bits per heavy atom. The summed E-state index contributed by atoms with van der Waals surface area (Å²) in [6, 6.07) is 1.51. The van der Waals surface area contributed by atoms with Crippen molar-refractivity contribution >= 4 is 11.7 Å². The normalized spacial score (nSPS) is 12.3. The van der Waals surface area contributed by atoms with Crippen LogP contribution >= 0.6 is 0 Å². The minimum Gasteiger partial charge on any atom is -0.474 e. The summed E-state index contributed by atoms with van der Waals surface area (Å²) < 4.78 is 10.3. The van der Waals surface area contributed by atoms with Crippen molar-refractivity contribution in [3.05, 3.63) is 17.8 Å². The zero-order valence-electron chi connectivity index (χ0n) is 11.3. The Morgan fingerprint density at radius 2 is 2.11 bits per heavy atom. The van der Waals surface area contributed by atoms with Crippen molar-refractivity contribution in [2.24, 2.45) is 5.92 Å². The van der Waals surface area contributed by atoms with Gasteiger partial charge in [0.15, 0.2) is 0 Å². The van der Waals surface area contributed by atoms with E-state index < -0.39 is 5.97 Å². The average Bonchev–Trinajstić information content (AvgIpc) is 2.29. The molecular formula is C13H20N2O3. The molecule has 0 aliphatic rings. The molecule has 1 heterocycles. The van der Waals surface area contributed by atoms with Crippen molar-refractivity contribution in [3.8, 4) is 5.88 Å². The molecule has 2 N–H and O–H groups in total. The minimum absolute atomic E-state index is 0.0236. The van der Waals surface area contributed by atoms with E-state index in [4.69, 9.17) is 10.5 Å². The number of anilines is 1. The molecule has 0 aliphatic heterocycles. The molecule has 1 rings (SSSR count). The first-order valence-corrected chi connectivity index (χ1v) is 5.94.